The van der Waals surface area contributed by atoms with E-state index < -0.39 is 0 Å². The van der Waals surface area contributed by atoms with Crippen LogP contribution in [-0.2, 0) is 12.8 Å². The van der Waals surface area contributed by atoms with Crippen molar-refractivity contribution >= 4 is 22.6 Å². The van der Waals surface area contributed by atoms with Gasteiger partial charge in [0, 0.05) is 38.9 Å². The molecule has 0 aliphatic rings. The molecular weight excluding hydrogens is 703 g/mol. The van der Waals surface area contributed by atoms with Crippen molar-refractivity contribution in [1.82, 2.24) is 14.5 Å². The minimum absolute atomic E-state index is 0.779. The number of benzene rings is 6. The summed E-state index contributed by atoms with van der Waals surface area (Å²) in [5.74, 6) is 0. The maximum absolute atomic E-state index is 5.24. The van der Waals surface area contributed by atoms with Gasteiger partial charge in [-0.15, -0.1) is 0 Å². The SMILES string of the molecule is C=C(/C=C\c1c(CCc2cc(-c3ccccc3)nc(-c3ccccc3)c2)n(-c2cc(-c3ccccc3)nc(-c3ccccc3)c2)c2ccccc12)c1ccccc1C. The largest absolute Gasteiger partial charge is 0.313 e. The summed E-state index contributed by atoms with van der Waals surface area (Å²) in [7, 11) is 0. The number of allylic oxidation sites excluding steroid dienone is 2. The average molecular weight is 746 g/mol. The maximum Gasteiger partial charge on any atom is 0.0730 e. The number of hydrogen-bond acceptors (Lipinski definition) is 2. The van der Waals surface area contributed by atoms with Gasteiger partial charge in [0.15, 0.2) is 0 Å². The second kappa shape index (κ2) is 16.4. The summed E-state index contributed by atoms with van der Waals surface area (Å²) < 4.78 is 2.46. The second-order valence-corrected chi connectivity index (χ2v) is 14.7. The van der Waals surface area contributed by atoms with Crippen LogP contribution in [0.4, 0.5) is 0 Å². The normalized spacial score (nSPS) is 11.3. The lowest BCUT2D eigenvalue weighted by Gasteiger charge is -2.16. The molecule has 0 N–H and O–H groups in total. The van der Waals surface area contributed by atoms with E-state index in [0.29, 0.717) is 0 Å². The lowest BCUT2D eigenvalue weighted by Crippen LogP contribution is -2.05. The van der Waals surface area contributed by atoms with Crippen molar-refractivity contribution in [2.75, 3.05) is 0 Å². The molecule has 3 aromatic heterocycles. The van der Waals surface area contributed by atoms with Gasteiger partial charge in [0.2, 0.25) is 0 Å². The third-order valence-electron chi connectivity index (χ3n) is 10.8. The van der Waals surface area contributed by atoms with Gasteiger partial charge < -0.3 is 4.57 Å². The Morgan fingerprint density at radius 3 is 1.48 bits per heavy atom. The number of aromatic nitrogens is 3. The first kappa shape index (κ1) is 36.3. The first-order chi connectivity index (χ1) is 28.6. The number of fused-ring (bicyclic) bond motifs is 1. The topological polar surface area (TPSA) is 30.7 Å². The van der Waals surface area contributed by atoms with Crippen molar-refractivity contribution in [3.63, 3.8) is 0 Å². The average Bonchev–Trinajstić information content (AvgIpc) is 3.61. The summed E-state index contributed by atoms with van der Waals surface area (Å²) in [6.07, 6.45) is 6.04. The third kappa shape index (κ3) is 7.58. The molecule has 9 aromatic rings. The lowest BCUT2D eigenvalue weighted by atomic mass is 9.98. The van der Waals surface area contributed by atoms with E-state index >= 15 is 0 Å². The molecule has 0 aliphatic heterocycles. The van der Waals surface area contributed by atoms with Gasteiger partial charge in [0.1, 0.15) is 0 Å². The van der Waals surface area contributed by atoms with Gasteiger partial charge in [-0.1, -0.05) is 183 Å². The monoisotopic (exact) mass is 745 g/mol. The second-order valence-electron chi connectivity index (χ2n) is 14.7. The number of rotatable bonds is 11. The van der Waals surface area contributed by atoms with Crippen LogP contribution in [-0.4, -0.2) is 14.5 Å². The minimum Gasteiger partial charge on any atom is -0.313 e. The smallest absolute Gasteiger partial charge is 0.0730 e. The van der Waals surface area contributed by atoms with E-state index in [-0.39, 0.29) is 0 Å². The Bertz CT molecular complexity index is 2770. The Hall–Kier alpha value is -7.36. The zero-order chi connectivity index (χ0) is 39.3. The fourth-order valence-electron chi connectivity index (χ4n) is 7.92. The van der Waals surface area contributed by atoms with Gasteiger partial charge in [0.05, 0.1) is 34.0 Å². The maximum atomic E-state index is 5.24. The number of nitrogens with zero attached hydrogens (tertiary/aromatic N) is 3. The first-order valence-corrected chi connectivity index (χ1v) is 19.9. The molecule has 0 aliphatic carbocycles. The molecule has 0 amide bonds. The van der Waals surface area contributed by atoms with Gasteiger partial charge in [-0.3, -0.25) is 0 Å². The van der Waals surface area contributed by atoms with Crippen LogP contribution in [0.2, 0.25) is 0 Å². The molecule has 0 radical (unpaired) electrons. The van der Waals surface area contributed by atoms with Crippen LogP contribution in [0.1, 0.15) is 27.9 Å². The molecule has 0 bridgehead atoms. The van der Waals surface area contributed by atoms with Crippen LogP contribution >= 0.6 is 0 Å². The number of aryl methyl sites for hydroxylation is 2. The highest BCUT2D eigenvalue weighted by atomic mass is 15.0. The van der Waals surface area contributed by atoms with E-state index in [0.717, 1.165) is 80.2 Å². The highest BCUT2D eigenvalue weighted by Gasteiger charge is 2.20. The lowest BCUT2D eigenvalue weighted by molar-refractivity contribution is 0.874. The van der Waals surface area contributed by atoms with E-state index in [4.69, 9.17) is 9.97 Å². The van der Waals surface area contributed by atoms with E-state index in [9.17, 15) is 0 Å². The molecule has 0 atom stereocenters. The van der Waals surface area contributed by atoms with Gasteiger partial charge in [-0.2, -0.15) is 0 Å². The standard InChI is InChI=1S/C55H43N3/c1-39-19-15-16-28-47(39)40(2)31-33-49-48-29-17-18-30-54(48)58(46-37-52(44-24-11-5-12-25-44)57-53(38-46)45-26-13-6-14-27-45)55(49)34-32-41-35-50(42-20-7-3-8-21-42)56-51(36-41)43-22-9-4-10-23-43/h3-31,33,35-38H,2,32,34H2,1H3/b33-31-. The molecule has 58 heavy (non-hydrogen) atoms. The fraction of sp³-hybridized carbons (Fsp3) is 0.0545. The van der Waals surface area contributed by atoms with Gasteiger partial charge >= 0.3 is 0 Å². The van der Waals surface area contributed by atoms with Crippen molar-refractivity contribution in [2.45, 2.75) is 19.8 Å². The molecular formula is C55H43N3. The summed E-state index contributed by atoms with van der Waals surface area (Å²) in [4.78, 5) is 10.4. The van der Waals surface area contributed by atoms with E-state index in [1.54, 1.807) is 0 Å². The first-order valence-electron chi connectivity index (χ1n) is 19.9. The molecule has 0 saturated heterocycles. The molecule has 0 fully saturated rings. The molecule has 0 spiro atoms. The Balaban J connectivity index is 1.24. The third-order valence-corrected chi connectivity index (χ3v) is 10.8. The summed E-state index contributed by atoms with van der Waals surface area (Å²) >= 11 is 0. The quantitative estimate of drug-likeness (QED) is 0.123. The van der Waals surface area contributed by atoms with Crippen molar-refractivity contribution in [1.29, 1.82) is 0 Å². The highest BCUT2D eigenvalue weighted by molar-refractivity contribution is 5.95. The molecule has 278 valence electrons. The Morgan fingerprint density at radius 1 is 0.517 bits per heavy atom. The molecule has 6 aromatic carbocycles. The van der Waals surface area contributed by atoms with E-state index in [2.05, 4.69) is 224 Å². The Labute approximate surface area is 341 Å². The Kier molecular flexibility index (Phi) is 10.3. The van der Waals surface area contributed by atoms with Crippen LogP contribution in [0, 0.1) is 6.92 Å². The predicted molar refractivity (Wildman–Crippen MR) is 244 cm³/mol. The van der Waals surface area contributed by atoms with Gasteiger partial charge in [0.25, 0.3) is 0 Å². The van der Waals surface area contributed by atoms with Crippen LogP contribution in [0.15, 0.2) is 207 Å². The number of hydrogen-bond donors (Lipinski definition) is 0. The van der Waals surface area contributed by atoms with Gasteiger partial charge in [-0.25, -0.2) is 9.97 Å². The van der Waals surface area contributed by atoms with Crippen molar-refractivity contribution in [3.8, 4) is 50.7 Å². The highest BCUT2D eigenvalue weighted by Crippen LogP contribution is 2.36. The zero-order valence-electron chi connectivity index (χ0n) is 32.6. The minimum atomic E-state index is 0.779. The van der Waals surface area contributed by atoms with E-state index in [1.165, 1.54) is 27.8 Å². The molecule has 0 unspecified atom stereocenters. The van der Waals surface area contributed by atoms with E-state index in [1.807, 2.05) is 0 Å². The molecule has 3 nitrogen and oxygen atoms in total. The summed E-state index contributed by atoms with van der Waals surface area (Å²) in [6, 6.07) is 68.2. The van der Waals surface area contributed by atoms with Crippen LogP contribution < -0.4 is 0 Å². The molecule has 3 heterocycles. The van der Waals surface area contributed by atoms with Crippen molar-refractivity contribution in [3.05, 3.63) is 235 Å². The molecule has 3 heteroatoms. The predicted octanol–water partition coefficient (Wildman–Crippen LogP) is 13.9. The van der Waals surface area contributed by atoms with Crippen LogP contribution in [0.5, 0.6) is 0 Å². The molecule has 0 saturated carbocycles. The van der Waals surface area contributed by atoms with Crippen LogP contribution in [0.25, 0.3) is 73.3 Å². The van der Waals surface area contributed by atoms with Crippen LogP contribution in [0.3, 0.4) is 0 Å². The number of pyridine rings is 2. The molecule has 9 rings (SSSR count). The summed E-state index contributed by atoms with van der Waals surface area (Å²) in [5.41, 5.74) is 17.4. The summed E-state index contributed by atoms with van der Waals surface area (Å²) in [5, 5.41) is 1.19. The van der Waals surface area contributed by atoms with Crippen molar-refractivity contribution in [2.24, 2.45) is 0 Å². The fourth-order valence-corrected chi connectivity index (χ4v) is 7.92. The zero-order valence-corrected chi connectivity index (χ0v) is 32.6. The Morgan fingerprint density at radius 2 is 0.966 bits per heavy atom. The van der Waals surface area contributed by atoms with Gasteiger partial charge in [-0.05, 0) is 72.4 Å². The summed E-state index contributed by atoms with van der Waals surface area (Å²) in [6.45, 7) is 6.67. The van der Waals surface area contributed by atoms with Crippen molar-refractivity contribution < 1.29 is 0 Å². The number of para-hydroxylation sites is 1.